The highest BCUT2D eigenvalue weighted by molar-refractivity contribution is 5.95. The van der Waals surface area contributed by atoms with Crippen LogP contribution in [0.3, 0.4) is 0 Å². The summed E-state index contributed by atoms with van der Waals surface area (Å²) in [6, 6.07) is 17.9. The molecule has 0 bridgehead atoms. The van der Waals surface area contributed by atoms with Crippen LogP contribution in [0.15, 0.2) is 54.6 Å². The lowest BCUT2D eigenvalue weighted by atomic mass is 9.99. The van der Waals surface area contributed by atoms with Crippen LogP contribution < -0.4 is 5.32 Å². The maximum atomic E-state index is 12.5. The third-order valence-corrected chi connectivity index (χ3v) is 3.67. The second-order valence-electron chi connectivity index (χ2n) is 5.56. The molecule has 1 amide bonds. The first kappa shape index (κ1) is 16.2. The highest BCUT2D eigenvalue weighted by Gasteiger charge is 2.13. The summed E-state index contributed by atoms with van der Waals surface area (Å²) in [6.07, 6.45) is 2.23. The molecule has 3 nitrogen and oxygen atoms in total. The lowest BCUT2D eigenvalue weighted by molar-refractivity contribution is 0.0935. The van der Waals surface area contributed by atoms with Crippen LogP contribution in [0.1, 0.15) is 41.3 Å². The van der Waals surface area contributed by atoms with Crippen molar-refractivity contribution in [2.45, 2.75) is 32.2 Å². The van der Waals surface area contributed by atoms with Crippen LogP contribution in [0.5, 0.6) is 0 Å². The number of nitrogens with one attached hydrogen (secondary N) is 1. The Morgan fingerprint density at radius 3 is 2.50 bits per heavy atom. The highest BCUT2D eigenvalue weighted by Crippen LogP contribution is 2.15. The van der Waals surface area contributed by atoms with E-state index in [0.717, 1.165) is 24.0 Å². The molecule has 0 saturated heterocycles. The van der Waals surface area contributed by atoms with Crippen LogP contribution in [-0.4, -0.2) is 23.7 Å². The minimum Gasteiger partial charge on any atom is -0.396 e. The first-order chi connectivity index (χ1) is 10.7. The molecule has 22 heavy (non-hydrogen) atoms. The van der Waals surface area contributed by atoms with Gasteiger partial charge in [0, 0.05) is 18.2 Å². The minimum absolute atomic E-state index is 0.0445. The van der Waals surface area contributed by atoms with Crippen LogP contribution in [0, 0.1) is 0 Å². The highest BCUT2D eigenvalue weighted by atomic mass is 16.3. The predicted molar refractivity (Wildman–Crippen MR) is 88.9 cm³/mol. The summed E-state index contributed by atoms with van der Waals surface area (Å²) < 4.78 is 0. The minimum atomic E-state index is -0.0445. The van der Waals surface area contributed by atoms with Crippen molar-refractivity contribution >= 4 is 5.91 Å². The van der Waals surface area contributed by atoms with E-state index >= 15 is 0 Å². The van der Waals surface area contributed by atoms with Gasteiger partial charge in [-0.1, -0.05) is 48.5 Å². The smallest absolute Gasteiger partial charge is 0.251 e. The van der Waals surface area contributed by atoms with E-state index in [0.29, 0.717) is 6.42 Å². The Hall–Kier alpha value is -2.13. The largest absolute Gasteiger partial charge is 0.396 e. The van der Waals surface area contributed by atoms with E-state index in [9.17, 15) is 4.79 Å². The molecule has 1 atom stereocenters. The average Bonchev–Trinajstić information content (AvgIpc) is 2.54. The predicted octanol–water partition coefficient (Wildman–Crippen LogP) is 3.17. The molecule has 0 saturated carbocycles. The lowest BCUT2D eigenvalue weighted by Crippen LogP contribution is -2.33. The molecule has 0 spiro atoms. The molecule has 2 N–H and O–H groups in total. The molecule has 0 aliphatic carbocycles. The van der Waals surface area contributed by atoms with Crippen molar-refractivity contribution in [2.75, 3.05) is 6.61 Å². The average molecular weight is 297 g/mol. The number of amides is 1. The van der Waals surface area contributed by atoms with Gasteiger partial charge in [0.2, 0.25) is 0 Å². The molecular formula is C19H23NO2. The normalized spacial score (nSPS) is 11.9. The van der Waals surface area contributed by atoms with Crippen LogP contribution >= 0.6 is 0 Å². The summed E-state index contributed by atoms with van der Waals surface area (Å²) in [5.41, 5.74) is 2.94. The van der Waals surface area contributed by atoms with Gasteiger partial charge in [-0.2, -0.15) is 0 Å². The first-order valence-electron chi connectivity index (χ1n) is 7.74. The van der Waals surface area contributed by atoms with Gasteiger partial charge < -0.3 is 10.4 Å². The summed E-state index contributed by atoms with van der Waals surface area (Å²) in [6.45, 7) is 2.12. The fourth-order valence-electron chi connectivity index (χ4n) is 2.48. The van der Waals surface area contributed by atoms with Gasteiger partial charge in [-0.05, 0) is 43.4 Å². The third-order valence-electron chi connectivity index (χ3n) is 3.67. The Kier molecular flexibility index (Phi) is 6.16. The van der Waals surface area contributed by atoms with Gasteiger partial charge in [0.25, 0.3) is 5.91 Å². The van der Waals surface area contributed by atoms with Crippen LogP contribution in [0.25, 0.3) is 0 Å². The molecule has 2 aromatic carbocycles. The van der Waals surface area contributed by atoms with Gasteiger partial charge >= 0.3 is 0 Å². The van der Waals surface area contributed by atoms with E-state index in [4.69, 9.17) is 5.11 Å². The zero-order chi connectivity index (χ0) is 15.8. The Bertz CT molecular complexity index is 595. The number of aliphatic hydroxyl groups excluding tert-OH is 1. The van der Waals surface area contributed by atoms with E-state index in [-0.39, 0.29) is 18.6 Å². The summed E-state index contributed by atoms with van der Waals surface area (Å²) in [7, 11) is 0. The molecule has 0 radical (unpaired) electrons. The molecule has 1 unspecified atom stereocenters. The maximum Gasteiger partial charge on any atom is 0.251 e. The molecule has 0 aliphatic rings. The lowest BCUT2D eigenvalue weighted by Gasteiger charge is -2.15. The summed E-state index contributed by atoms with van der Waals surface area (Å²) in [5, 5.41) is 11.9. The van der Waals surface area contributed by atoms with Gasteiger partial charge in [0.05, 0.1) is 0 Å². The number of carbonyl (C=O) groups is 1. The zero-order valence-corrected chi connectivity index (χ0v) is 13.0. The number of carbonyl (C=O) groups excluding carboxylic acids is 1. The van der Waals surface area contributed by atoms with Gasteiger partial charge in [0.15, 0.2) is 0 Å². The molecule has 0 heterocycles. The molecule has 116 valence electrons. The Balaban J connectivity index is 2.09. The monoisotopic (exact) mass is 297 g/mol. The van der Waals surface area contributed by atoms with Gasteiger partial charge in [-0.3, -0.25) is 4.79 Å². The fourth-order valence-corrected chi connectivity index (χ4v) is 2.48. The second-order valence-corrected chi connectivity index (χ2v) is 5.56. The zero-order valence-electron chi connectivity index (χ0n) is 13.0. The van der Waals surface area contributed by atoms with Gasteiger partial charge in [-0.15, -0.1) is 0 Å². The number of hydrogen-bond donors (Lipinski definition) is 2. The van der Waals surface area contributed by atoms with Crippen molar-refractivity contribution in [2.24, 2.45) is 0 Å². The van der Waals surface area contributed by atoms with Crippen molar-refractivity contribution in [3.63, 3.8) is 0 Å². The van der Waals surface area contributed by atoms with Gasteiger partial charge in [0.1, 0.15) is 0 Å². The number of aliphatic hydroxyl groups is 1. The topological polar surface area (TPSA) is 49.3 Å². The molecule has 0 fully saturated rings. The van der Waals surface area contributed by atoms with E-state index < -0.39 is 0 Å². The van der Waals surface area contributed by atoms with Crippen molar-refractivity contribution in [3.05, 3.63) is 71.3 Å². The molecule has 2 aromatic rings. The standard InChI is InChI=1S/C19H23NO2/c1-15(8-7-13-21)20-19(22)18-12-6-5-11-17(18)14-16-9-3-2-4-10-16/h2-6,9-12,15,21H,7-8,13-14H2,1H3,(H,20,22). The summed E-state index contributed by atoms with van der Waals surface area (Å²) in [5.74, 6) is -0.0445. The van der Waals surface area contributed by atoms with Gasteiger partial charge in [-0.25, -0.2) is 0 Å². The molecule has 2 rings (SSSR count). The Labute approximate surface area is 132 Å². The molecule has 0 aliphatic heterocycles. The molecular weight excluding hydrogens is 274 g/mol. The summed E-state index contributed by atoms with van der Waals surface area (Å²) in [4.78, 5) is 12.5. The van der Waals surface area contributed by atoms with Crippen molar-refractivity contribution < 1.29 is 9.90 Å². The van der Waals surface area contributed by atoms with Crippen molar-refractivity contribution in [3.8, 4) is 0 Å². The number of rotatable bonds is 7. The van der Waals surface area contributed by atoms with Crippen molar-refractivity contribution in [1.82, 2.24) is 5.32 Å². The Morgan fingerprint density at radius 1 is 1.09 bits per heavy atom. The molecule has 0 aromatic heterocycles. The van der Waals surface area contributed by atoms with Crippen LogP contribution in [0.2, 0.25) is 0 Å². The molecule has 3 heteroatoms. The number of hydrogen-bond acceptors (Lipinski definition) is 2. The van der Waals surface area contributed by atoms with E-state index in [1.165, 1.54) is 5.56 Å². The SMILES string of the molecule is CC(CCCO)NC(=O)c1ccccc1Cc1ccccc1. The van der Waals surface area contributed by atoms with Crippen LogP contribution in [-0.2, 0) is 6.42 Å². The van der Waals surface area contributed by atoms with E-state index in [1.54, 1.807) is 0 Å². The summed E-state index contributed by atoms with van der Waals surface area (Å²) >= 11 is 0. The van der Waals surface area contributed by atoms with E-state index in [1.807, 2.05) is 49.4 Å². The second kappa shape index (κ2) is 8.35. The number of benzene rings is 2. The Morgan fingerprint density at radius 2 is 1.77 bits per heavy atom. The third kappa shape index (κ3) is 4.71. The van der Waals surface area contributed by atoms with E-state index in [2.05, 4.69) is 17.4 Å². The fraction of sp³-hybridized carbons (Fsp3) is 0.316. The maximum absolute atomic E-state index is 12.5. The van der Waals surface area contributed by atoms with Crippen molar-refractivity contribution in [1.29, 1.82) is 0 Å². The van der Waals surface area contributed by atoms with Crippen LogP contribution in [0.4, 0.5) is 0 Å². The first-order valence-corrected chi connectivity index (χ1v) is 7.74. The quantitative estimate of drug-likeness (QED) is 0.824.